The molecule has 0 aliphatic carbocycles. The maximum absolute atomic E-state index is 12.0. The van der Waals surface area contributed by atoms with E-state index in [0.29, 0.717) is 17.3 Å². The van der Waals surface area contributed by atoms with Gasteiger partial charge in [-0.15, -0.1) is 0 Å². The van der Waals surface area contributed by atoms with Crippen molar-refractivity contribution in [1.29, 1.82) is 0 Å². The molecule has 25 heavy (non-hydrogen) atoms. The van der Waals surface area contributed by atoms with Crippen molar-refractivity contribution < 1.29 is 14.7 Å². The number of phenolic OH excluding ortho intramolecular Hbond substituents is 1. The summed E-state index contributed by atoms with van der Waals surface area (Å²) in [5.41, 5.74) is 3.73. The van der Waals surface area contributed by atoms with Gasteiger partial charge in [0.25, 0.3) is 5.91 Å². The standard InChI is InChI=1S/C18H18ClN3O3/c1-12(9-17(24)20-11-13-5-3-2-4-6-13)21-22-18(25)15-10-14(19)7-8-16(15)23/h2-8,10,23H,9,11H2,1H3,(H,20,24)(H,22,25)/b21-12+. The molecule has 2 aromatic rings. The Morgan fingerprint density at radius 2 is 1.88 bits per heavy atom. The molecule has 2 rings (SSSR count). The van der Waals surface area contributed by atoms with E-state index in [1.807, 2.05) is 30.3 Å². The van der Waals surface area contributed by atoms with Crippen LogP contribution in [0.2, 0.25) is 5.02 Å². The fraction of sp³-hybridized carbons (Fsp3) is 0.167. The number of halogens is 1. The summed E-state index contributed by atoms with van der Waals surface area (Å²) in [5, 5.41) is 16.6. The van der Waals surface area contributed by atoms with Crippen LogP contribution in [0.15, 0.2) is 53.6 Å². The molecule has 6 nitrogen and oxygen atoms in total. The van der Waals surface area contributed by atoms with E-state index < -0.39 is 5.91 Å². The monoisotopic (exact) mass is 359 g/mol. The lowest BCUT2D eigenvalue weighted by atomic mass is 10.2. The normalized spacial score (nSPS) is 11.0. The number of nitrogens with zero attached hydrogens (tertiary/aromatic N) is 1. The fourth-order valence-corrected chi connectivity index (χ4v) is 2.20. The van der Waals surface area contributed by atoms with Gasteiger partial charge in [-0.05, 0) is 30.7 Å². The van der Waals surface area contributed by atoms with Crippen LogP contribution in [0.1, 0.15) is 29.3 Å². The quantitative estimate of drug-likeness (QED) is 0.547. The molecule has 0 spiro atoms. The topological polar surface area (TPSA) is 90.8 Å². The average Bonchev–Trinajstić information content (AvgIpc) is 2.61. The summed E-state index contributed by atoms with van der Waals surface area (Å²) >= 11 is 5.80. The highest BCUT2D eigenvalue weighted by atomic mass is 35.5. The van der Waals surface area contributed by atoms with Gasteiger partial charge in [0.2, 0.25) is 5.91 Å². The van der Waals surface area contributed by atoms with Crippen LogP contribution in [-0.4, -0.2) is 22.6 Å². The lowest BCUT2D eigenvalue weighted by Crippen LogP contribution is -2.26. The lowest BCUT2D eigenvalue weighted by molar-refractivity contribution is -0.120. The van der Waals surface area contributed by atoms with E-state index in [9.17, 15) is 14.7 Å². The van der Waals surface area contributed by atoms with Crippen LogP contribution in [0.4, 0.5) is 0 Å². The van der Waals surface area contributed by atoms with Crippen LogP contribution >= 0.6 is 11.6 Å². The Bertz CT molecular complexity index is 791. The van der Waals surface area contributed by atoms with Crippen LogP contribution in [0.25, 0.3) is 0 Å². The number of nitrogens with one attached hydrogen (secondary N) is 2. The highest BCUT2D eigenvalue weighted by Gasteiger charge is 2.11. The van der Waals surface area contributed by atoms with E-state index in [2.05, 4.69) is 15.8 Å². The molecule has 0 saturated heterocycles. The molecule has 0 unspecified atom stereocenters. The van der Waals surface area contributed by atoms with Gasteiger partial charge in [0.05, 0.1) is 12.0 Å². The molecule has 7 heteroatoms. The summed E-state index contributed by atoms with van der Waals surface area (Å²) in [6.07, 6.45) is 0.0502. The van der Waals surface area contributed by atoms with E-state index in [1.54, 1.807) is 6.92 Å². The van der Waals surface area contributed by atoms with E-state index in [4.69, 9.17) is 11.6 Å². The van der Waals surface area contributed by atoms with Gasteiger partial charge < -0.3 is 10.4 Å². The minimum atomic E-state index is -0.607. The number of carbonyl (C=O) groups is 2. The number of benzene rings is 2. The Kier molecular flexibility index (Phi) is 6.54. The number of phenols is 1. The molecule has 0 radical (unpaired) electrons. The van der Waals surface area contributed by atoms with Crippen LogP contribution in [-0.2, 0) is 11.3 Å². The summed E-state index contributed by atoms with van der Waals surface area (Å²) in [5.74, 6) is -1.01. The Labute approximate surface area is 150 Å². The molecule has 0 heterocycles. The van der Waals surface area contributed by atoms with Crippen LogP contribution in [0.3, 0.4) is 0 Å². The molecule has 0 fully saturated rings. The third-order valence-electron chi connectivity index (χ3n) is 3.30. The molecule has 0 bridgehead atoms. The van der Waals surface area contributed by atoms with Crippen molar-refractivity contribution in [3.63, 3.8) is 0 Å². The second-order valence-corrected chi connectivity index (χ2v) is 5.83. The number of carbonyl (C=O) groups excluding carboxylic acids is 2. The average molecular weight is 360 g/mol. The molecule has 0 atom stereocenters. The third-order valence-corrected chi connectivity index (χ3v) is 3.54. The first-order valence-corrected chi connectivity index (χ1v) is 7.96. The molecule has 0 saturated carbocycles. The van der Waals surface area contributed by atoms with E-state index in [-0.39, 0.29) is 23.6 Å². The minimum absolute atomic E-state index is 0.0116. The van der Waals surface area contributed by atoms with Crippen molar-refractivity contribution in [2.24, 2.45) is 5.10 Å². The van der Waals surface area contributed by atoms with Gasteiger partial charge >= 0.3 is 0 Å². The molecule has 2 amide bonds. The number of aromatic hydroxyl groups is 1. The smallest absolute Gasteiger partial charge is 0.275 e. The summed E-state index contributed by atoms with van der Waals surface area (Å²) in [4.78, 5) is 23.9. The Morgan fingerprint density at radius 1 is 1.16 bits per heavy atom. The first kappa shape index (κ1) is 18.5. The third kappa shape index (κ3) is 5.93. The zero-order valence-electron chi connectivity index (χ0n) is 13.6. The lowest BCUT2D eigenvalue weighted by Gasteiger charge is -2.06. The van der Waals surface area contributed by atoms with Crippen molar-refractivity contribution >= 4 is 29.1 Å². The SMILES string of the molecule is C/C(CC(=O)NCc1ccccc1)=N\NC(=O)c1cc(Cl)ccc1O. The van der Waals surface area contributed by atoms with Gasteiger partial charge in [-0.2, -0.15) is 5.10 Å². The summed E-state index contributed by atoms with van der Waals surface area (Å²) < 4.78 is 0. The second-order valence-electron chi connectivity index (χ2n) is 5.39. The van der Waals surface area contributed by atoms with Crippen LogP contribution < -0.4 is 10.7 Å². The first-order valence-electron chi connectivity index (χ1n) is 7.58. The van der Waals surface area contributed by atoms with Crippen LogP contribution in [0.5, 0.6) is 5.75 Å². The predicted molar refractivity (Wildman–Crippen MR) is 96.6 cm³/mol. The highest BCUT2D eigenvalue weighted by molar-refractivity contribution is 6.31. The molecule has 130 valence electrons. The Morgan fingerprint density at radius 3 is 2.60 bits per heavy atom. The molecule has 0 aliphatic rings. The van der Waals surface area contributed by atoms with Gasteiger partial charge in [-0.1, -0.05) is 41.9 Å². The summed E-state index contributed by atoms with van der Waals surface area (Å²) in [7, 11) is 0. The molecule has 0 aromatic heterocycles. The first-order chi connectivity index (χ1) is 12.0. The maximum atomic E-state index is 12.0. The van der Waals surface area contributed by atoms with Gasteiger partial charge in [-0.25, -0.2) is 5.43 Å². The summed E-state index contributed by atoms with van der Waals surface area (Å²) in [6.45, 7) is 2.05. The zero-order valence-corrected chi connectivity index (χ0v) is 14.4. The molecule has 3 N–H and O–H groups in total. The Balaban J connectivity index is 1.85. The van der Waals surface area contributed by atoms with Crippen molar-refractivity contribution in [3.05, 3.63) is 64.7 Å². The van der Waals surface area contributed by atoms with Crippen molar-refractivity contribution in [2.45, 2.75) is 19.9 Å². The second kappa shape index (κ2) is 8.84. The van der Waals surface area contributed by atoms with Gasteiger partial charge in [0, 0.05) is 17.3 Å². The molecule has 2 aromatic carbocycles. The molecule has 0 aliphatic heterocycles. The van der Waals surface area contributed by atoms with Gasteiger partial charge in [0.15, 0.2) is 0 Å². The number of rotatable bonds is 6. The minimum Gasteiger partial charge on any atom is -0.507 e. The molecular weight excluding hydrogens is 342 g/mol. The maximum Gasteiger partial charge on any atom is 0.275 e. The van der Waals surface area contributed by atoms with Gasteiger partial charge in [0.1, 0.15) is 5.75 Å². The zero-order chi connectivity index (χ0) is 18.2. The summed E-state index contributed by atoms with van der Waals surface area (Å²) in [6, 6.07) is 13.7. The van der Waals surface area contributed by atoms with Crippen molar-refractivity contribution in [1.82, 2.24) is 10.7 Å². The number of hydrogen-bond acceptors (Lipinski definition) is 4. The van der Waals surface area contributed by atoms with E-state index in [0.717, 1.165) is 5.56 Å². The predicted octanol–water partition coefficient (Wildman–Crippen LogP) is 2.86. The van der Waals surface area contributed by atoms with E-state index in [1.165, 1.54) is 18.2 Å². The number of hydrazone groups is 1. The fourth-order valence-electron chi connectivity index (χ4n) is 2.03. The largest absolute Gasteiger partial charge is 0.507 e. The van der Waals surface area contributed by atoms with Crippen LogP contribution in [0, 0.1) is 0 Å². The highest BCUT2D eigenvalue weighted by Crippen LogP contribution is 2.21. The number of hydrogen-bond donors (Lipinski definition) is 3. The number of amides is 2. The van der Waals surface area contributed by atoms with E-state index >= 15 is 0 Å². The molecular formula is C18H18ClN3O3. The van der Waals surface area contributed by atoms with Crippen molar-refractivity contribution in [3.8, 4) is 5.75 Å². The van der Waals surface area contributed by atoms with Gasteiger partial charge in [-0.3, -0.25) is 9.59 Å². The Hall–Kier alpha value is -2.86. The van der Waals surface area contributed by atoms with Crippen molar-refractivity contribution in [2.75, 3.05) is 0 Å².